The number of H-pyrrole nitrogens is 1. The third-order valence-corrected chi connectivity index (χ3v) is 5.31. The molecule has 2 N–H and O–H groups in total. The summed E-state index contributed by atoms with van der Waals surface area (Å²) in [4.78, 5) is 29.2. The van der Waals surface area contributed by atoms with E-state index in [0.29, 0.717) is 16.1 Å². The molecule has 0 aliphatic rings. The molecule has 2 aromatic heterocycles. The normalized spacial score (nSPS) is 12.1. The molecule has 0 saturated carbocycles. The average molecular weight is 376 g/mol. The Kier molecular flexibility index (Phi) is 5.11. The minimum absolute atomic E-state index is 0.152. The molecule has 0 bridgehead atoms. The highest BCUT2D eigenvalue weighted by Gasteiger charge is 2.22. The van der Waals surface area contributed by atoms with Crippen LogP contribution in [-0.2, 0) is 4.79 Å². The fourth-order valence-electron chi connectivity index (χ4n) is 2.74. The van der Waals surface area contributed by atoms with Crippen molar-refractivity contribution in [1.82, 2.24) is 4.98 Å². The standard InChI is InChI=1S/C18H18ClN3O2S/c1-3-22(16-5-4-8-25-16)11(2)17(23)21-15-9-12-6-7-20-18(24)13(12)10-14(15)19/h4-11H,3H2,1-2H3,(H,20,24)(H,21,23). The Morgan fingerprint density at radius 3 is 2.88 bits per heavy atom. The number of pyridine rings is 1. The number of nitrogens with zero attached hydrogens (tertiary/aromatic N) is 1. The van der Waals surface area contributed by atoms with Gasteiger partial charge in [0.2, 0.25) is 5.91 Å². The van der Waals surface area contributed by atoms with Crippen LogP contribution in [0, 0.1) is 0 Å². The quantitative estimate of drug-likeness (QED) is 0.705. The molecule has 130 valence electrons. The van der Waals surface area contributed by atoms with Crippen LogP contribution in [0.4, 0.5) is 10.7 Å². The third kappa shape index (κ3) is 3.55. The van der Waals surface area contributed by atoms with Gasteiger partial charge in [-0.3, -0.25) is 9.59 Å². The molecular weight excluding hydrogens is 358 g/mol. The van der Waals surface area contributed by atoms with Gasteiger partial charge in [-0.15, -0.1) is 11.3 Å². The van der Waals surface area contributed by atoms with Crippen molar-refractivity contribution in [2.45, 2.75) is 19.9 Å². The lowest BCUT2D eigenvalue weighted by Crippen LogP contribution is -2.41. The van der Waals surface area contributed by atoms with E-state index in [9.17, 15) is 9.59 Å². The number of amides is 1. The van der Waals surface area contributed by atoms with Gasteiger partial charge in [0.25, 0.3) is 5.56 Å². The minimum atomic E-state index is -0.352. The van der Waals surface area contributed by atoms with E-state index >= 15 is 0 Å². The molecule has 7 heteroatoms. The molecule has 25 heavy (non-hydrogen) atoms. The number of carbonyl (C=O) groups excluding carboxylic acids is 1. The predicted molar refractivity (Wildman–Crippen MR) is 105 cm³/mol. The topological polar surface area (TPSA) is 65.2 Å². The van der Waals surface area contributed by atoms with Crippen molar-refractivity contribution >= 4 is 50.3 Å². The van der Waals surface area contributed by atoms with Gasteiger partial charge in [0.15, 0.2) is 0 Å². The second-order valence-electron chi connectivity index (χ2n) is 5.63. The number of aromatic nitrogens is 1. The number of likely N-dealkylation sites (N-methyl/N-ethyl adjacent to an activating group) is 1. The maximum atomic E-state index is 12.7. The Morgan fingerprint density at radius 1 is 1.40 bits per heavy atom. The second kappa shape index (κ2) is 7.29. The summed E-state index contributed by atoms with van der Waals surface area (Å²) >= 11 is 7.85. The molecule has 5 nitrogen and oxygen atoms in total. The zero-order valence-electron chi connectivity index (χ0n) is 13.9. The number of benzene rings is 1. The number of carbonyl (C=O) groups is 1. The molecule has 1 unspecified atom stereocenters. The fourth-order valence-corrected chi connectivity index (χ4v) is 3.83. The van der Waals surface area contributed by atoms with E-state index in [1.807, 2.05) is 36.3 Å². The maximum absolute atomic E-state index is 12.7. The molecular formula is C18H18ClN3O2S. The summed E-state index contributed by atoms with van der Waals surface area (Å²) in [6, 6.07) is 8.68. The van der Waals surface area contributed by atoms with Gasteiger partial charge in [-0.1, -0.05) is 11.6 Å². The number of nitrogens with one attached hydrogen (secondary N) is 2. The van der Waals surface area contributed by atoms with Crippen molar-refractivity contribution in [1.29, 1.82) is 0 Å². The summed E-state index contributed by atoms with van der Waals surface area (Å²) in [6.45, 7) is 4.59. The first-order valence-corrected chi connectivity index (χ1v) is 9.19. The number of aromatic amines is 1. The van der Waals surface area contributed by atoms with E-state index in [-0.39, 0.29) is 17.5 Å². The second-order valence-corrected chi connectivity index (χ2v) is 6.96. The molecule has 0 saturated heterocycles. The van der Waals surface area contributed by atoms with E-state index in [1.54, 1.807) is 35.7 Å². The van der Waals surface area contributed by atoms with Crippen LogP contribution in [0.15, 0.2) is 46.7 Å². The third-order valence-electron chi connectivity index (χ3n) is 4.10. The zero-order chi connectivity index (χ0) is 18.0. The number of hydrogen-bond acceptors (Lipinski definition) is 4. The molecule has 0 aliphatic carbocycles. The summed E-state index contributed by atoms with van der Waals surface area (Å²) in [5.74, 6) is -0.152. The smallest absolute Gasteiger partial charge is 0.255 e. The Bertz CT molecular complexity index is 953. The summed E-state index contributed by atoms with van der Waals surface area (Å²) in [7, 11) is 0. The van der Waals surface area contributed by atoms with Crippen LogP contribution >= 0.6 is 22.9 Å². The van der Waals surface area contributed by atoms with Crippen molar-refractivity contribution in [3.8, 4) is 0 Å². The van der Waals surface area contributed by atoms with Gasteiger partial charge in [0.05, 0.1) is 15.7 Å². The fraction of sp³-hybridized carbons (Fsp3) is 0.222. The lowest BCUT2D eigenvalue weighted by atomic mass is 10.1. The van der Waals surface area contributed by atoms with Gasteiger partial charge < -0.3 is 15.2 Å². The SMILES string of the molecule is CCN(c1cccs1)C(C)C(=O)Nc1cc2cc[nH]c(=O)c2cc1Cl. The molecule has 0 fully saturated rings. The van der Waals surface area contributed by atoms with Gasteiger partial charge in [-0.05, 0) is 54.9 Å². The first kappa shape index (κ1) is 17.5. The number of fused-ring (bicyclic) bond motifs is 1. The van der Waals surface area contributed by atoms with Crippen LogP contribution in [0.5, 0.6) is 0 Å². The van der Waals surface area contributed by atoms with Crippen LogP contribution in [0.1, 0.15) is 13.8 Å². The number of halogens is 1. The van der Waals surface area contributed by atoms with Crippen molar-refractivity contribution in [2.24, 2.45) is 0 Å². The monoisotopic (exact) mass is 375 g/mol. The van der Waals surface area contributed by atoms with Crippen LogP contribution < -0.4 is 15.8 Å². The van der Waals surface area contributed by atoms with Gasteiger partial charge in [-0.25, -0.2) is 0 Å². The van der Waals surface area contributed by atoms with E-state index in [0.717, 1.165) is 16.9 Å². The van der Waals surface area contributed by atoms with Gasteiger partial charge in [-0.2, -0.15) is 0 Å². The van der Waals surface area contributed by atoms with Crippen LogP contribution in [0.3, 0.4) is 0 Å². The highest BCUT2D eigenvalue weighted by molar-refractivity contribution is 7.14. The minimum Gasteiger partial charge on any atom is -0.352 e. The van der Waals surface area contributed by atoms with E-state index in [4.69, 9.17) is 11.6 Å². The van der Waals surface area contributed by atoms with E-state index in [1.165, 1.54) is 0 Å². The molecule has 3 rings (SSSR count). The molecule has 2 heterocycles. The highest BCUT2D eigenvalue weighted by Crippen LogP contribution is 2.28. The summed E-state index contributed by atoms with van der Waals surface area (Å²) in [5.41, 5.74) is 0.291. The van der Waals surface area contributed by atoms with E-state index < -0.39 is 0 Å². The van der Waals surface area contributed by atoms with Gasteiger partial charge in [0.1, 0.15) is 6.04 Å². The number of rotatable bonds is 5. The molecule has 3 aromatic rings. The molecule has 1 amide bonds. The van der Waals surface area contributed by atoms with Gasteiger partial charge in [0, 0.05) is 18.1 Å². The first-order valence-electron chi connectivity index (χ1n) is 7.93. The Morgan fingerprint density at radius 2 is 2.20 bits per heavy atom. The van der Waals surface area contributed by atoms with Crippen molar-refractivity contribution in [3.05, 3.63) is 57.3 Å². The van der Waals surface area contributed by atoms with Crippen LogP contribution in [-0.4, -0.2) is 23.5 Å². The number of hydrogen-bond donors (Lipinski definition) is 2. The highest BCUT2D eigenvalue weighted by atomic mass is 35.5. The summed E-state index contributed by atoms with van der Waals surface area (Å²) in [6.07, 6.45) is 1.57. The first-order chi connectivity index (χ1) is 12.0. The summed E-state index contributed by atoms with van der Waals surface area (Å²) < 4.78 is 0. The van der Waals surface area contributed by atoms with Crippen LogP contribution in [0.2, 0.25) is 5.02 Å². The van der Waals surface area contributed by atoms with Gasteiger partial charge >= 0.3 is 0 Å². The number of anilines is 2. The molecule has 1 atom stereocenters. The molecule has 0 radical (unpaired) electrons. The Labute approximate surface area is 154 Å². The largest absolute Gasteiger partial charge is 0.352 e. The zero-order valence-corrected chi connectivity index (χ0v) is 15.4. The Hall–Kier alpha value is -2.31. The molecule has 0 spiro atoms. The van der Waals surface area contributed by atoms with Crippen molar-refractivity contribution in [2.75, 3.05) is 16.8 Å². The molecule has 0 aliphatic heterocycles. The lowest BCUT2D eigenvalue weighted by molar-refractivity contribution is -0.117. The maximum Gasteiger partial charge on any atom is 0.255 e. The van der Waals surface area contributed by atoms with Crippen LogP contribution in [0.25, 0.3) is 10.8 Å². The number of thiophene rings is 1. The predicted octanol–water partition coefficient (Wildman–Crippen LogP) is 4.10. The lowest BCUT2D eigenvalue weighted by Gasteiger charge is -2.27. The summed E-state index contributed by atoms with van der Waals surface area (Å²) in [5, 5.41) is 7.46. The van der Waals surface area contributed by atoms with Crippen molar-refractivity contribution in [3.63, 3.8) is 0 Å². The molecule has 1 aromatic carbocycles. The Balaban J connectivity index is 1.86. The van der Waals surface area contributed by atoms with Crippen molar-refractivity contribution < 1.29 is 4.79 Å². The average Bonchev–Trinajstić information content (AvgIpc) is 3.11. The van der Waals surface area contributed by atoms with E-state index in [2.05, 4.69) is 10.3 Å².